The van der Waals surface area contributed by atoms with Crippen LogP contribution in [-0.4, -0.2) is 33.0 Å². The van der Waals surface area contributed by atoms with Crippen molar-refractivity contribution in [3.63, 3.8) is 0 Å². The Kier molecular flexibility index (Phi) is 6.51. The number of methoxy groups -OCH3 is 2. The molecular weight excluding hydrogens is 142 g/mol. The first-order chi connectivity index (χ1) is 5.20. The highest BCUT2D eigenvalue weighted by molar-refractivity contribution is 4.62. The van der Waals surface area contributed by atoms with E-state index >= 15 is 0 Å². The summed E-state index contributed by atoms with van der Waals surface area (Å²) < 4.78 is 9.99. The number of ether oxygens (including phenoxy) is 2. The quantitative estimate of drug-likeness (QED) is 0.626. The molecule has 68 valence electrons. The molecule has 0 spiro atoms. The third-order valence-corrected chi connectivity index (χ3v) is 1.73. The summed E-state index contributed by atoms with van der Waals surface area (Å²) in [6, 6.07) is 0.151. The summed E-state index contributed by atoms with van der Waals surface area (Å²) in [6.07, 6.45) is 2.27. The first-order valence-electron chi connectivity index (χ1n) is 3.98. The Labute approximate surface area is 68.9 Å². The van der Waals surface area contributed by atoms with Crippen molar-refractivity contribution in [1.82, 2.24) is 0 Å². The second-order valence-corrected chi connectivity index (χ2v) is 2.84. The van der Waals surface area contributed by atoms with E-state index in [4.69, 9.17) is 15.2 Å². The second-order valence-electron chi connectivity index (χ2n) is 2.84. The summed E-state index contributed by atoms with van der Waals surface area (Å²) in [5.41, 5.74) is 5.71. The molecule has 0 fully saturated rings. The van der Waals surface area contributed by atoms with Crippen LogP contribution in [0.5, 0.6) is 0 Å². The van der Waals surface area contributed by atoms with Gasteiger partial charge in [0.15, 0.2) is 0 Å². The van der Waals surface area contributed by atoms with Crippen LogP contribution in [0.4, 0.5) is 0 Å². The fourth-order valence-corrected chi connectivity index (χ4v) is 0.864. The van der Waals surface area contributed by atoms with Crippen molar-refractivity contribution in [1.29, 1.82) is 0 Å². The summed E-state index contributed by atoms with van der Waals surface area (Å²) in [6.45, 7) is 2.68. The van der Waals surface area contributed by atoms with E-state index in [1.165, 1.54) is 0 Å². The molecule has 0 aliphatic carbocycles. The van der Waals surface area contributed by atoms with E-state index in [-0.39, 0.29) is 6.04 Å². The summed E-state index contributed by atoms with van der Waals surface area (Å²) in [4.78, 5) is 0. The van der Waals surface area contributed by atoms with Crippen molar-refractivity contribution >= 4 is 0 Å². The van der Waals surface area contributed by atoms with E-state index < -0.39 is 0 Å². The van der Waals surface area contributed by atoms with E-state index in [2.05, 4.69) is 0 Å². The van der Waals surface area contributed by atoms with Crippen LogP contribution in [0.3, 0.4) is 0 Å². The Morgan fingerprint density at radius 2 is 1.91 bits per heavy atom. The Morgan fingerprint density at radius 3 is 2.36 bits per heavy atom. The maximum atomic E-state index is 5.71. The van der Waals surface area contributed by atoms with Crippen LogP contribution < -0.4 is 5.73 Å². The molecule has 0 aromatic rings. The van der Waals surface area contributed by atoms with Crippen molar-refractivity contribution in [2.24, 2.45) is 5.73 Å². The van der Waals surface area contributed by atoms with E-state index in [0.717, 1.165) is 12.8 Å². The molecule has 0 radical (unpaired) electrons. The highest BCUT2D eigenvalue weighted by atomic mass is 16.5. The van der Waals surface area contributed by atoms with Crippen LogP contribution in [0, 0.1) is 0 Å². The van der Waals surface area contributed by atoms with Gasteiger partial charge in [-0.1, -0.05) is 0 Å². The van der Waals surface area contributed by atoms with Gasteiger partial charge in [0.25, 0.3) is 0 Å². The highest BCUT2D eigenvalue weighted by Crippen LogP contribution is 2.02. The molecule has 0 aromatic carbocycles. The third kappa shape index (κ3) is 6.28. The standard InChI is InChI=1S/C8H19NO2/c1-7(11-3)4-5-8(9)6-10-2/h7-8H,4-6,9H2,1-3H3. The lowest BCUT2D eigenvalue weighted by molar-refractivity contribution is 0.101. The van der Waals surface area contributed by atoms with Gasteiger partial charge in [0.05, 0.1) is 12.7 Å². The lowest BCUT2D eigenvalue weighted by Crippen LogP contribution is -2.26. The fraction of sp³-hybridized carbons (Fsp3) is 1.00. The molecule has 3 heteroatoms. The Bertz CT molecular complexity index is 88.2. The largest absolute Gasteiger partial charge is 0.383 e. The predicted molar refractivity (Wildman–Crippen MR) is 45.6 cm³/mol. The molecule has 3 nitrogen and oxygen atoms in total. The normalized spacial score (nSPS) is 16.4. The molecular formula is C8H19NO2. The topological polar surface area (TPSA) is 44.5 Å². The average molecular weight is 161 g/mol. The number of rotatable bonds is 6. The van der Waals surface area contributed by atoms with Crippen LogP contribution in [0.2, 0.25) is 0 Å². The van der Waals surface area contributed by atoms with Crippen molar-refractivity contribution < 1.29 is 9.47 Å². The zero-order valence-corrected chi connectivity index (χ0v) is 7.67. The van der Waals surface area contributed by atoms with E-state index in [1.54, 1.807) is 14.2 Å². The summed E-state index contributed by atoms with van der Waals surface area (Å²) in [7, 11) is 3.38. The molecule has 0 amide bonds. The number of hydrogen-bond donors (Lipinski definition) is 1. The zero-order chi connectivity index (χ0) is 8.69. The smallest absolute Gasteiger partial charge is 0.0613 e. The predicted octanol–water partition coefficient (Wildman–Crippen LogP) is 0.775. The molecule has 0 saturated carbocycles. The van der Waals surface area contributed by atoms with Gasteiger partial charge in [-0.2, -0.15) is 0 Å². The fourth-order valence-electron chi connectivity index (χ4n) is 0.864. The maximum absolute atomic E-state index is 5.71. The van der Waals surface area contributed by atoms with Gasteiger partial charge < -0.3 is 15.2 Å². The molecule has 2 atom stereocenters. The molecule has 0 heterocycles. The van der Waals surface area contributed by atoms with Crippen molar-refractivity contribution in [3.05, 3.63) is 0 Å². The van der Waals surface area contributed by atoms with Gasteiger partial charge in [-0.05, 0) is 19.8 Å². The summed E-state index contributed by atoms with van der Waals surface area (Å²) in [5.74, 6) is 0. The molecule has 0 saturated heterocycles. The highest BCUT2D eigenvalue weighted by Gasteiger charge is 2.04. The minimum absolute atomic E-state index is 0.151. The van der Waals surface area contributed by atoms with Gasteiger partial charge in [0.1, 0.15) is 0 Å². The van der Waals surface area contributed by atoms with Gasteiger partial charge in [-0.25, -0.2) is 0 Å². The Morgan fingerprint density at radius 1 is 1.27 bits per heavy atom. The van der Waals surface area contributed by atoms with Gasteiger partial charge in [0.2, 0.25) is 0 Å². The minimum atomic E-state index is 0.151. The minimum Gasteiger partial charge on any atom is -0.383 e. The van der Waals surface area contributed by atoms with Crippen molar-refractivity contribution in [2.75, 3.05) is 20.8 Å². The molecule has 0 bridgehead atoms. The van der Waals surface area contributed by atoms with Gasteiger partial charge >= 0.3 is 0 Å². The zero-order valence-electron chi connectivity index (χ0n) is 7.67. The summed E-state index contributed by atoms with van der Waals surface area (Å²) >= 11 is 0. The van der Waals surface area contributed by atoms with E-state index in [9.17, 15) is 0 Å². The summed E-state index contributed by atoms with van der Waals surface area (Å²) in [5, 5.41) is 0. The molecule has 2 N–H and O–H groups in total. The first kappa shape index (κ1) is 10.9. The van der Waals surface area contributed by atoms with Crippen molar-refractivity contribution in [2.45, 2.75) is 31.9 Å². The van der Waals surface area contributed by atoms with Gasteiger partial charge in [-0.15, -0.1) is 0 Å². The monoisotopic (exact) mass is 161 g/mol. The second kappa shape index (κ2) is 6.58. The molecule has 0 aliphatic rings. The average Bonchev–Trinajstić information content (AvgIpc) is 2.01. The van der Waals surface area contributed by atoms with Crippen molar-refractivity contribution in [3.8, 4) is 0 Å². The Hall–Kier alpha value is -0.120. The van der Waals surface area contributed by atoms with Crippen LogP contribution >= 0.6 is 0 Å². The number of hydrogen-bond acceptors (Lipinski definition) is 3. The lowest BCUT2D eigenvalue weighted by atomic mass is 10.1. The lowest BCUT2D eigenvalue weighted by Gasteiger charge is -2.13. The molecule has 0 aliphatic heterocycles. The number of nitrogens with two attached hydrogens (primary N) is 1. The van der Waals surface area contributed by atoms with Crippen LogP contribution in [-0.2, 0) is 9.47 Å². The Balaban J connectivity index is 3.22. The van der Waals surface area contributed by atoms with E-state index in [0.29, 0.717) is 12.7 Å². The molecule has 11 heavy (non-hydrogen) atoms. The maximum Gasteiger partial charge on any atom is 0.0613 e. The van der Waals surface area contributed by atoms with Crippen LogP contribution in [0.15, 0.2) is 0 Å². The van der Waals surface area contributed by atoms with Crippen LogP contribution in [0.1, 0.15) is 19.8 Å². The SMILES string of the molecule is COCC(N)CCC(C)OC. The molecule has 0 aromatic heterocycles. The van der Waals surface area contributed by atoms with Gasteiger partial charge in [-0.3, -0.25) is 0 Å². The van der Waals surface area contributed by atoms with Crippen LogP contribution in [0.25, 0.3) is 0 Å². The molecule has 2 unspecified atom stereocenters. The van der Waals surface area contributed by atoms with E-state index in [1.807, 2.05) is 6.92 Å². The first-order valence-corrected chi connectivity index (χ1v) is 3.98. The van der Waals surface area contributed by atoms with Gasteiger partial charge in [0, 0.05) is 20.3 Å². The third-order valence-electron chi connectivity index (χ3n) is 1.73. The molecule has 0 rings (SSSR count).